The Kier molecular flexibility index (Phi) is 9.06. The summed E-state index contributed by atoms with van der Waals surface area (Å²) in [5, 5.41) is 10.8. The van der Waals surface area contributed by atoms with Crippen molar-refractivity contribution < 1.29 is 23.8 Å². The standard InChI is InChI=1S/C26H19NO5.2C2H6/c1-16-25(26(28)29)21-10-8-19(14-24(21)31-16)32-23-11-12-27-22-13-18(7-9-20(22)23)30-15-17-5-3-2-4-6-17;2*1-2/h2-14H,15H2,1H3,(H,28,29);2*1-2H3. The Bertz CT molecular complexity index is 1440. The second-order valence-electron chi connectivity index (χ2n) is 7.36. The van der Waals surface area contributed by atoms with Gasteiger partial charge in [0.05, 0.1) is 5.52 Å². The zero-order chi connectivity index (χ0) is 26.1. The van der Waals surface area contributed by atoms with Gasteiger partial charge in [0, 0.05) is 29.1 Å². The van der Waals surface area contributed by atoms with Crippen LogP contribution in [-0.2, 0) is 6.61 Å². The summed E-state index contributed by atoms with van der Waals surface area (Å²) in [6, 6.07) is 22.5. The fraction of sp³-hybridized carbons (Fsp3) is 0.200. The average molecular weight is 486 g/mol. The molecular weight excluding hydrogens is 454 g/mol. The summed E-state index contributed by atoms with van der Waals surface area (Å²) in [6.45, 7) is 10.1. The van der Waals surface area contributed by atoms with Crippen LogP contribution in [0, 0.1) is 6.92 Å². The Morgan fingerprint density at radius 2 is 1.58 bits per heavy atom. The van der Waals surface area contributed by atoms with Crippen LogP contribution in [-0.4, -0.2) is 16.1 Å². The molecule has 0 saturated heterocycles. The summed E-state index contributed by atoms with van der Waals surface area (Å²) in [7, 11) is 0. The van der Waals surface area contributed by atoms with Gasteiger partial charge in [0.1, 0.15) is 40.8 Å². The SMILES string of the molecule is CC.CC.Cc1oc2cc(Oc3ccnc4cc(OCc5ccccc5)ccc34)ccc2c1C(=O)O. The summed E-state index contributed by atoms with van der Waals surface area (Å²) in [5.74, 6) is 1.24. The van der Waals surface area contributed by atoms with Gasteiger partial charge in [0.15, 0.2) is 0 Å². The first-order valence-corrected chi connectivity index (χ1v) is 12.1. The van der Waals surface area contributed by atoms with Crippen LogP contribution in [0.25, 0.3) is 21.9 Å². The normalized spacial score (nSPS) is 10.1. The Hall–Kier alpha value is -4.32. The number of aromatic carboxylic acids is 1. The molecule has 3 aromatic carbocycles. The van der Waals surface area contributed by atoms with E-state index in [-0.39, 0.29) is 5.56 Å². The maximum atomic E-state index is 11.5. The number of carboxylic acid groups (broad SMARTS) is 1. The van der Waals surface area contributed by atoms with Gasteiger partial charge in [-0.2, -0.15) is 0 Å². The molecule has 0 aliphatic rings. The fourth-order valence-corrected chi connectivity index (χ4v) is 3.68. The van der Waals surface area contributed by atoms with Gasteiger partial charge < -0.3 is 19.0 Å². The topological polar surface area (TPSA) is 81.8 Å². The number of carbonyl (C=O) groups is 1. The molecule has 0 bridgehead atoms. The highest BCUT2D eigenvalue weighted by atomic mass is 16.5. The maximum absolute atomic E-state index is 11.5. The van der Waals surface area contributed by atoms with Crippen molar-refractivity contribution in [1.82, 2.24) is 4.98 Å². The van der Waals surface area contributed by atoms with Crippen LogP contribution in [0.5, 0.6) is 17.2 Å². The smallest absolute Gasteiger partial charge is 0.339 e. The first-order chi connectivity index (χ1) is 17.6. The zero-order valence-electron chi connectivity index (χ0n) is 21.2. The van der Waals surface area contributed by atoms with Gasteiger partial charge in [-0.15, -0.1) is 0 Å². The highest BCUT2D eigenvalue weighted by Crippen LogP contribution is 2.34. The lowest BCUT2D eigenvalue weighted by atomic mass is 10.1. The van der Waals surface area contributed by atoms with Crippen LogP contribution >= 0.6 is 0 Å². The number of fused-ring (bicyclic) bond motifs is 2. The summed E-state index contributed by atoms with van der Waals surface area (Å²) < 4.78 is 17.6. The number of aryl methyl sites for hydroxylation is 1. The number of pyridine rings is 1. The van der Waals surface area contributed by atoms with Crippen molar-refractivity contribution >= 4 is 27.8 Å². The molecule has 0 atom stereocenters. The van der Waals surface area contributed by atoms with Crippen LogP contribution in [0.4, 0.5) is 0 Å². The van der Waals surface area contributed by atoms with Crippen molar-refractivity contribution in [3.05, 3.63) is 95.9 Å². The predicted octanol–water partition coefficient (Wildman–Crippen LogP) is 8.41. The molecule has 2 heterocycles. The minimum Gasteiger partial charge on any atom is -0.489 e. The van der Waals surface area contributed by atoms with Gasteiger partial charge in [-0.25, -0.2) is 4.79 Å². The molecule has 0 amide bonds. The van der Waals surface area contributed by atoms with Crippen molar-refractivity contribution in [2.75, 3.05) is 0 Å². The van der Waals surface area contributed by atoms with Crippen molar-refractivity contribution in [3.8, 4) is 17.2 Å². The molecule has 0 aliphatic carbocycles. The number of rotatable bonds is 6. The predicted molar refractivity (Wildman–Crippen MR) is 143 cm³/mol. The van der Waals surface area contributed by atoms with E-state index >= 15 is 0 Å². The Morgan fingerprint density at radius 1 is 0.889 bits per heavy atom. The lowest BCUT2D eigenvalue weighted by Gasteiger charge is -2.11. The zero-order valence-corrected chi connectivity index (χ0v) is 21.2. The first-order valence-electron chi connectivity index (χ1n) is 12.1. The van der Waals surface area contributed by atoms with Crippen molar-refractivity contribution in [1.29, 1.82) is 0 Å². The van der Waals surface area contributed by atoms with Crippen LogP contribution < -0.4 is 9.47 Å². The third kappa shape index (κ3) is 5.84. The Balaban J connectivity index is 0.000000861. The molecule has 6 nitrogen and oxygen atoms in total. The van der Waals surface area contributed by atoms with Crippen molar-refractivity contribution in [2.24, 2.45) is 0 Å². The van der Waals surface area contributed by atoms with E-state index in [0.717, 1.165) is 22.2 Å². The van der Waals surface area contributed by atoms with Crippen molar-refractivity contribution in [3.63, 3.8) is 0 Å². The molecule has 0 fully saturated rings. The van der Waals surface area contributed by atoms with Crippen LogP contribution in [0.3, 0.4) is 0 Å². The number of hydrogen-bond donors (Lipinski definition) is 1. The second-order valence-corrected chi connectivity index (χ2v) is 7.36. The molecule has 0 radical (unpaired) electrons. The number of furan rings is 1. The van der Waals surface area contributed by atoms with Crippen LogP contribution in [0.2, 0.25) is 0 Å². The molecule has 36 heavy (non-hydrogen) atoms. The third-order valence-electron chi connectivity index (χ3n) is 5.20. The molecule has 0 spiro atoms. The maximum Gasteiger partial charge on any atom is 0.339 e. The second kappa shape index (κ2) is 12.4. The van der Waals surface area contributed by atoms with Gasteiger partial charge in [0.25, 0.3) is 0 Å². The van der Waals surface area contributed by atoms with E-state index in [2.05, 4.69) is 4.98 Å². The minimum absolute atomic E-state index is 0.170. The fourth-order valence-electron chi connectivity index (χ4n) is 3.68. The monoisotopic (exact) mass is 485 g/mol. The molecular formula is C30H31NO5. The molecule has 0 unspecified atom stereocenters. The van der Waals surface area contributed by atoms with E-state index in [1.807, 2.05) is 76.2 Å². The highest BCUT2D eigenvalue weighted by Gasteiger charge is 2.18. The molecule has 6 heteroatoms. The van der Waals surface area contributed by atoms with E-state index in [0.29, 0.717) is 34.8 Å². The molecule has 0 saturated carbocycles. The summed E-state index contributed by atoms with van der Waals surface area (Å²) in [6.07, 6.45) is 1.68. The summed E-state index contributed by atoms with van der Waals surface area (Å²) >= 11 is 0. The molecule has 1 N–H and O–H groups in total. The van der Waals surface area contributed by atoms with Crippen LogP contribution in [0.1, 0.15) is 49.4 Å². The third-order valence-corrected chi connectivity index (χ3v) is 5.20. The summed E-state index contributed by atoms with van der Waals surface area (Å²) in [5.41, 5.74) is 2.47. The van der Waals surface area contributed by atoms with Gasteiger partial charge >= 0.3 is 5.97 Å². The quantitative estimate of drug-likeness (QED) is 0.260. The van der Waals surface area contributed by atoms with E-state index in [4.69, 9.17) is 13.9 Å². The molecule has 5 aromatic rings. The van der Waals surface area contributed by atoms with Gasteiger partial charge in [0.2, 0.25) is 0 Å². The van der Waals surface area contributed by atoms with Crippen LogP contribution in [0.15, 0.2) is 83.4 Å². The van der Waals surface area contributed by atoms with Gasteiger partial charge in [-0.1, -0.05) is 58.0 Å². The summed E-state index contributed by atoms with van der Waals surface area (Å²) in [4.78, 5) is 15.9. The number of ether oxygens (including phenoxy) is 2. The Labute approximate surface area is 211 Å². The van der Waals surface area contributed by atoms with E-state index in [1.165, 1.54) is 0 Å². The van der Waals surface area contributed by atoms with E-state index < -0.39 is 5.97 Å². The number of hydrogen-bond acceptors (Lipinski definition) is 5. The highest BCUT2D eigenvalue weighted by molar-refractivity contribution is 6.03. The average Bonchev–Trinajstić information content (AvgIpc) is 3.25. The van der Waals surface area contributed by atoms with Gasteiger partial charge in [-0.3, -0.25) is 4.98 Å². The van der Waals surface area contributed by atoms with Crippen molar-refractivity contribution in [2.45, 2.75) is 41.2 Å². The largest absolute Gasteiger partial charge is 0.489 e. The Morgan fingerprint density at radius 3 is 2.31 bits per heavy atom. The van der Waals surface area contributed by atoms with E-state index in [1.54, 1.807) is 37.4 Å². The number of nitrogens with zero attached hydrogens (tertiary/aromatic N) is 1. The first kappa shape index (κ1) is 26.3. The minimum atomic E-state index is -1.01. The molecule has 186 valence electrons. The number of carboxylic acids is 1. The molecule has 5 rings (SSSR count). The van der Waals surface area contributed by atoms with E-state index in [9.17, 15) is 9.90 Å². The van der Waals surface area contributed by atoms with Gasteiger partial charge in [-0.05, 0) is 42.8 Å². The molecule has 2 aromatic heterocycles. The lowest BCUT2D eigenvalue weighted by molar-refractivity contribution is 0.0697. The number of aromatic nitrogens is 1. The lowest BCUT2D eigenvalue weighted by Crippen LogP contribution is -1.96. The molecule has 0 aliphatic heterocycles. The number of benzene rings is 3.